The fourth-order valence-corrected chi connectivity index (χ4v) is 5.22. The molecule has 0 aliphatic heterocycles. The molecule has 0 radical (unpaired) electrons. The second-order valence-electron chi connectivity index (χ2n) is 7.47. The van der Waals surface area contributed by atoms with Crippen molar-refractivity contribution in [3.8, 4) is 0 Å². The summed E-state index contributed by atoms with van der Waals surface area (Å²) in [6.07, 6.45) is 11.5. The zero-order valence-electron chi connectivity index (χ0n) is 18.5. The van der Waals surface area contributed by atoms with Crippen LogP contribution in [-0.2, 0) is 13.6 Å². The molecule has 0 amide bonds. The Morgan fingerprint density at radius 2 is 1.59 bits per heavy atom. The molecule has 0 unspecified atom stereocenters. The van der Waals surface area contributed by atoms with Gasteiger partial charge in [0.1, 0.15) is 5.66 Å². The Morgan fingerprint density at radius 1 is 1.00 bits per heavy atom. The summed E-state index contributed by atoms with van der Waals surface area (Å²) in [7, 11) is -3.39. The van der Waals surface area contributed by atoms with E-state index in [0.29, 0.717) is 19.6 Å². The predicted molar refractivity (Wildman–Crippen MR) is 116 cm³/mol. The highest BCUT2D eigenvalue weighted by molar-refractivity contribution is 7.55. The van der Waals surface area contributed by atoms with Gasteiger partial charge in [0.15, 0.2) is 0 Å². The third-order valence-electron chi connectivity index (χ3n) is 4.53. The van der Waals surface area contributed by atoms with Crippen molar-refractivity contribution in [3.63, 3.8) is 0 Å². The number of aliphatic hydroxyl groups is 1. The van der Waals surface area contributed by atoms with E-state index in [9.17, 15) is 9.67 Å². The van der Waals surface area contributed by atoms with Gasteiger partial charge in [0.05, 0.1) is 19.3 Å². The van der Waals surface area contributed by atoms with Crippen molar-refractivity contribution in [1.82, 2.24) is 0 Å². The minimum Gasteiger partial charge on any atom is -0.392 e. The maximum absolute atomic E-state index is 13.3. The Bertz CT molecular complexity index is 471. The van der Waals surface area contributed by atoms with E-state index in [1.807, 2.05) is 26.8 Å². The van der Waals surface area contributed by atoms with Gasteiger partial charge in [-0.25, -0.2) is 0 Å². The molecule has 0 bridgehead atoms. The zero-order chi connectivity index (χ0) is 20.7. The van der Waals surface area contributed by atoms with E-state index in [0.717, 1.165) is 31.3 Å². The summed E-state index contributed by atoms with van der Waals surface area (Å²) in [6.45, 7) is 12.6. The van der Waals surface area contributed by atoms with E-state index in [1.165, 1.54) is 24.8 Å². The Morgan fingerprint density at radius 3 is 2.11 bits per heavy atom. The van der Waals surface area contributed by atoms with Crippen LogP contribution in [0, 0.1) is 0 Å². The number of hydrogen-bond donors (Lipinski definition) is 1. The van der Waals surface area contributed by atoms with Gasteiger partial charge in [-0.15, -0.1) is 0 Å². The predicted octanol–water partition coefficient (Wildman–Crippen LogP) is 7.04. The van der Waals surface area contributed by atoms with Crippen LogP contribution in [0.4, 0.5) is 0 Å². The minimum atomic E-state index is -3.39. The lowest BCUT2D eigenvalue weighted by molar-refractivity contribution is 0.140. The molecule has 2 atom stereocenters. The lowest BCUT2D eigenvalue weighted by Gasteiger charge is -2.28. The molecule has 0 spiro atoms. The van der Waals surface area contributed by atoms with Crippen LogP contribution in [0.5, 0.6) is 0 Å². The Kier molecular flexibility index (Phi) is 15.3. The molecule has 1 N–H and O–H groups in total. The molecular formula is C22H43O4P. The van der Waals surface area contributed by atoms with Crippen molar-refractivity contribution in [1.29, 1.82) is 0 Å². The van der Waals surface area contributed by atoms with Gasteiger partial charge in [-0.1, -0.05) is 62.3 Å². The van der Waals surface area contributed by atoms with Crippen molar-refractivity contribution >= 4 is 7.60 Å². The maximum atomic E-state index is 13.3. The molecular weight excluding hydrogens is 359 g/mol. The van der Waals surface area contributed by atoms with Gasteiger partial charge >= 0.3 is 7.60 Å². The maximum Gasteiger partial charge on any atom is 0.340 e. The number of aliphatic hydroxyl groups excluding tert-OH is 1. The van der Waals surface area contributed by atoms with Gasteiger partial charge in [0, 0.05) is 0 Å². The van der Waals surface area contributed by atoms with Gasteiger partial charge in [0.25, 0.3) is 0 Å². The summed E-state index contributed by atoms with van der Waals surface area (Å²) in [5, 5.41) is 10.8. The van der Waals surface area contributed by atoms with E-state index >= 15 is 0 Å². The topological polar surface area (TPSA) is 55.8 Å². The van der Waals surface area contributed by atoms with Gasteiger partial charge in [-0.05, 0) is 53.9 Å². The quantitative estimate of drug-likeness (QED) is 0.171. The first-order valence-corrected chi connectivity index (χ1v) is 12.3. The Hall–Kier alpha value is -0.410. The second kappa shape index (κ2) is 15.5. The van der Waals surface area contributed by atoms with Crippen LogP contribution in [0.25, 0.3) is 0 Å². The molecule has 4 nitrogen and oxygen atoms in total. The van der Waals surface area contributed by atoms with Gasteiger partial charge in [-0.2, -0.15) is 0 Å². The first kappa shape index (κ1) is 26.6. The summed E-state index contributed by atoms with van der Waals surface area (Å²) in [4.78, 5) is 0. The lowest BCUT2D eigenvalue weighted by Crippen LogP contribution is -2.27. The normalized spacial score (nSPS) is 14.9. The van der Waals surface area contributed by atoms with Gasteiger partial charge in [0.2, 0.25) is 0 Å². The van der Waals surface area contributed by atoms with Crippen molar-refractivity contribution in [2.45, 2.75) is 105 Å². The first-order valence-electron chi connectivity index (χ1n) is 10.7. The molecule has 27 heavy (non-hydrogen) atoms. The summed E-state index contributed by atoms with van der Waals surface area (Å²) < 4.78 is 24.5. The molecule has 0 aromatic heterocycles. The summed E-state index contributed by atoms with van der Waals surface area (Å²) in [5.41, 5.74) is 1.80. The third-order valence-corrected chi connectivity index (χ3v) is 6.99. The van der Waals surface area contributed by atoms with Crippen LogP contribution in [0.1, 0.15) is 92.9 Å². The molecule has 0 aromatic rings. The van der Waals surface area contributed by atoms with E-state index in [1.54, 1.807) is 0 Å². The molecule has 0 saturated heterocycles. The highest BCUT2D eigenvalue weighted by Gasteiger charge is 2.38. The molecule has 5 heteroatoms. The first-order chi connectivity index (χ1) is 12.8. The lowest BCUT2D eigenvalue weighted by atomic mass is 10.0. The number of unbranched alkanes of at least 4 members (excludes halogenated alkanes) is 4. The average molecular weight is 403 g/mol. The fraction of sp³-hybridized carbons (Fsp3) is 0.818. The summed E-state index contributed by atoms with van der Waals surface area (Å²) in [5.74, 6) is 0. The van der Waals surface area contributed by atoms with E-state index in [4.69, 9.17) is 9.05 Å². The highest BCUT2D eigenvalue weighted by atomic mass is 31.2. The van der Waals surface area contributed by atoms with Crippen LogP contribution in [0.2, 0.25) is 0 Å². The van der Waals surface area contributed by atoms with Crippen LogP contribution in [-0.4, -0.2) is 30.1 Å². The monoisotopic (exact) mass is 402 g/mol. The van der Waals surface area contributed by atoms with Crippen LogP contribution >= 0.6 is 7.60 Å². The fourth-order valence-electron chi connectivity index (χ4n) is 3.07. The SMILES string of the molecule is CCCCCCC[C@H](O)[C@H](/C=C(\C)CCC=C(C)C)P(=O)(OCC)OCC. The average Bonchev–Trinajstić information content (AvgIpc) is 2.59. The highest BCUT2D eigenvalue weighted by Crippen LogP contribution is 2.55. The second-order valence-corrected chi connectivity index (χ2v) is 9.66. The molecule has 0 aliphatic rings. The third kappa shape index (κ3) is 11.9. The van der Waals surface area contributed by atoms with Crippen molar-refractivity contribution in [3.05, 3.63) is 23.3 Å². The molecule has 0 aliphatic carbocycles. The van der Waals surface area contributed by atoms with Crippen LogP contribution in [0.15, 0.2) is 23.3 Å². The van der Waals surface area contributed by atoms with E-state index in [-0.39, 0.29) is 0 Å². The largest absolute Gasteiger partial charge is 0.392 e. The van der Waals surface area contributed by atoms with E-state index < -0.39 is 19.4 Å². The smallest absolute Gasteiger partial charge is 0.340 e. The van der Waals surface area contributed by atoms with Crippen LogP contribution in [0.3, 0.4) is 0 Å². The number of hydrogen-bond acceptors (Lipinski definition) is 4. The van der Waals surface area contributed by atoms with Crippen LogP contribution < -0.4 is 0 Å². The van der Waals surface area contributed by atoms with E-state index in [2.05, 4.69) is 26.8 Å². The number of allylic oxidation sites excluding steroid dienone is 3. The molecule has 0 saturated carbocycles. The molecule has 0 heterocycles. The Balaban J connectivity index is 5.23. The molecule has 0 fully saturated rings. The van der Waals surface area contributed by atoms with Gasteiger partial charge < -0.3 is 14.2 Å². The van der Waals surface area contributed by atoms with Gasteiger partial charge in [-0.3, -0.25) is 4.57 Å². The molecule has 160 valence electrons. The van der Waals surface area contributed by atoms with Crippen molar-refractivity contribution < 1.29 is 18.7 Å². The Labute approximate surface area is 168 Å². The summed E-state index contributed by atoms with van der Waals surface area (Å²) in [6, 6.07) is 0. The number of rotatable bonds is 16. The zero-order valence-corrected chi connectivity index (χ0v) is 19.4. The minimum absolute atomic E-state index is 0.307. The summed E-state index contributed by atoms with van der Waals surface area (Å²) >= 11 is 0. The molecule has 0 aromatic carbocycles. The van der Waals surface area contributed by atoms with Crippen molar-refractivity contribution in [2.75, 3.05) is 13.2 Å². The van der Waals surface area contributed by atoms with Crippen molar-refractivity contribution in [2.24, 2.45) is 0 Å². The standard InChI is InChI=1S/C22H43O4P/c1-7-10-11-12-13-17-21(23)22(27(24,25-8-2)26-9-3)18-20(6)16-14-15-19(4)5/h15,18,21-23H,7-14,16-17H2,1-6H3/b20-18+/t21-,22-/m0/s1. The molecule has 0 rings (SSSR count).